The van der Waals surface area contributed by atoms with E-state index in [1.54, 1.807) is 0 Å². The van der Waals surface area contributed by atoms with Crippen LogP contribution in [-0.4, -0.2) is 39.6 Å². The van der Waals surface area contributed by atoms with Crippen molar-refractivity contribution < 1.29 is 17.9 Å². The van der Waals surface area contributed by atoms with E-state index >= 15 is 0 Å². The summed E-state index contributed by atoms with van der Waals surface area (Å²) in [6.45, 7) is 2.82. The van der Waals surface area contributed by atoms with Crippen molar-refractivity contribution in [3.05, 3.63) is 28.8 Å². The van der Waals surface area contributed by atoms with Gasteiger partial charge < -0.3 is 10.1 Å². The molecular formula is C17H23ClN2O4S. The van der Waals surface area contributed by atoms with Crippen LogP contribution < -0.4 is 10.0 Å². The van der Waals surface area contributed by atoms with Gasteiger partial charge in [-0.2, -0.15) is 0 Å². The highest BCUT2D eigenvalue weighted by Crippen LogP contribution is 2.32. The summed E-state index contributed by atoms with van der Waals surface area (Å²) in [5.74, 6) is 0.235. The maximum Gasteiger partial charge on any atom is 0.251 e. The van der Waals surface area contributed by atoms with E-state index in [0.717, 1.165) is 25.7 Å². The van der Waals surface area contributed by atoms with Crippen molar-refractivity contribution in [2.24, 2.45) is 5.92 Å². The van der Waals surface area contributed by atoms with Crippen molar-refractivity contribution in [2.75, 3.05) is 13.2 Å². The summed E-state index contributed by atoms with van der Waals surface area (Å²) in [6.07, 6.45) is 3.89. The van der Waals surface area contributed by atoms with Gasteiger partial charge in [-0.1, -0.05) is 11.6 Å². The minimum absolute atomic E-state index is 0.0841. The number of rotatable bonds is 7. The van der Waals surface area contributed by atoms with Crippen LogP contribution in [0.25, 0.3) is 0 Å². The number of halogens is 1. The van der Waals surface area contributed by atoms with Crippen LogP contribution in [0.1, 0.15) is 43.0 Å². The molecule has 3 rings (SSSR count). The number of hydrogen-bond acceptors (Lipinski definition) is 4. The molecule has 1 saturated heterocycles. The molecule has 2 aliphatic rings. The Morgan fingerprint density at radius 2 is 2.12 bits per heavy atom. The molecule has 0 aromatic heterocycles. The molecule has 6 nitrogen and oxygen atoms in total. The zero-order valence-electron chi connectivity index (χ0n) is 14.1. The molecule has 1 aliphatic carbocycles. The van der Waals surface area contributed by atoms with Crippen LogP contribution in [0.15, 0.2) is 23.1 Å². The molecule has 1 heterocycles. The third-order valence-corrected chi connectivity index (χ3v) is 6.60. The Labute approximate surface area is 153 Å². The zero-order chi connectivity index (χ0) is 18.0. The molecule has 2 unspecified atom stereocenters. The Morgan fingerprint density at radius 1 is 1.36 bits per heavy atom. The van der Waals surface area contributed by atoms with Gasteiger partial charge in [0.25, 0.3) is 5.91 Å². The predicted octanol–water partition coefficient (Wildman–Crippen LogP) is 2.33. The number of amides is 1. The minimum Gasteiger partial charge on any atom is -0.377 e. The van der Waals surface area contributed by atoms with E-state index in [-0.39, 0.29) is 40.1 Å². The van der Waals surface area contributed by atoms with Gasteiger partial charge in [0.1, 0.15) is 4.90 Å². The Balaban J connectivity index is 1.72. The highest BCUT2D eigenvalue weighted by atomic mass is 35.5. The van der Waals surface area contributed by atoms with Crippen LogP contribution in [0.3, 0.4) is 0 Å². The van der Waals surface area contributed by atoms with Crippen molar-refractivity contribution in [3.63, 3.8) is 0 Å². The van der Waals surface area contributed by atoms with E-state index in [1.807, 2.05) is 6.92 Å². The molecule has 138 valence electrons. The Bertz CT molecular complexity index is 743. The first-order chi connectivity index (χ1) is 11.9. The summed E-state index contributed by atoms with van der Waals surface area (Å²) < 4.78 is 33.0. The molecule has 1 aromatic carbocycles. The number of ether oxygens (including phenoxy) is 1. The summed E-state index contributed by atoms with van der Waals surface area (Å²) in [4.78, 5) is 12.3. The van der Waals surface area contributed by atoms with Crippen LogP contribution in [0.5, 0.6) is 0 Å². The second-order valence-electron chi connectivity index (χ2n) is 6.73. The zero-order valence-corrected chi connectivity index (χ0v) is 15.7. The van der Waals surface area contributed by atoms with Crippen molar-refractivity contribution >= 4 is 27.5 Å². The standard InChI is InChI=1S/C17H23ClN2O4S/c1-11(12-4-5-12)20-17(21)13-6-7-15(18)16(9-13)25(22,23)19-10-14-3-2-8-24-14/h6-7,9,11-12,14,19H,2-5,8,10H2,1H3,(H,20,21). The van der Waals surface area contributed by atoms with E-state index in [0.29, 0.717) is 12.5 Å². The van der Waals surface area contributed by atoms with Crippen LogP contribution >= 0.6 is 11.6 Å². The topological polar surface area (TPSA) is 84.5 Å². The molecule has 0 spiro atoms. The first kappa shape index (κ1) is 18.6. The van der Waals surface area contributed by atoms with Gasteiger partial charge in [0.2, 0.25) is 10.0 Å². The Hall–Kier alpha value is -1.15. The monoisotopic (exact) mass is 386 g/mol. The predicted molar refractivity (Wildman–Crippen MR) is 95.3 cm³/mol. The summed E-state index contributed by atoms with van der Waals surface area (Å²) in [5, 5.41) is 3.01. The lowest BCUT2D eigenvalue weighted by Gasteiger charge is -2.15. The molecular weight excluding hydrogens is 364 g/mol. The highest BCUT2D eigenvalue weighted by Gasteiger charge is 2.29. The largest absolute Gasteiger partial charge is 0.377 e. The fourth-order valence-electron chi connectivity index (χ4n) is 2.94. The number of benzene rings is 1. The van der Waals surface area contributed by atoms with Gasteiger partial charge in [-0.3, -0.25) is 4.79 Å². The quantitative estimate of drug-likeness (QED) is 0.753. The van der Waals surface area contributed by atoms with E-state index in [1.165, 1.54) is 18.2 Å². The third kappa shape index (κ3) is 4.73. The smallest absolute Gasteiger partial charge is 0.251 e. The maximum absolute atomic E-state index is 12.5. The van der Waals surface area contributed by atoms with Crippen LogP contribution in [0, 0.1) is 5.92 Å². The minimum atomic E-state index is -3.81. The lowest BCUT2D eigenvalue weighted by Crippen LogP contribution is -2.34. The molecule has 0 radical (unpaired) electrons. The number of carbonyl (C=O) groups is 1. The molecule has 1 aliphatic heterocycles. The number of carbonyl (C=O) groups excluding carboxylic acids is 1. The summed E-state index contributed by atoms with van der Waals surface area (Å²) in [7, 11) is -3.81. The molecule has 8 heteroatoms. The highest BCUT2D eigenvalue weighted by molar-refractivity contribution is 7.89. The average molecular weight is 387 g/mol. The summed E-state index contributed by atoms with van der Waals surface area (Å²) >= 11 is 6.06. The van der Waals surface area contributed by atoms with Gasteiger partial charge in [0, 0.05) is 24.8 Å². The average Bonchev–Trinajstić information content (AvgIpc) is 3.29. The molecule has 25 heavy (non-hydrogen) atoms. The van der Waals surface area contributed by atoms with E-state index in [4.69, 9.17) is 16.3 Å². The number of sulfonamides is 1. The van der Waals surface area contributed by atoms with Gasteiger partial charge in [-0.15, -0.1) is 0 Å². The van der Waals surface area contributed by atoms with Crippen LogP contribution in [-0.2, 0) is 14.8 Å². The summed E-state index contributed by atoms with van der Waals surface area (Å²) in [5.41, 5.74) is 0.286. The first-order valence-electron chi connectivity index (χ1n) is 8.58. The second kappa shape index (κ2) is 7.61. The lowest BCUT2D eigenvalue weighted by molar-refractivity contribution is 0.0935. The Morgan fingerprint density at radius 3 is 2.76 bits per heavy atom. The molecule has 0 bridgehead atoms. The number of hydrogen-bond donors (Lipinski definition) is 2. The Kier molecular flexibility index (Phi) is 5.68. The fourth-order valence-corrected chi connectivity index (χ4v) is 4.53. The second-order valence-corrected chi connectivity index (χ2v) is 8.87. The molecule has 1 saturated carbocycles. The number of nitrogens with one attached hydrogen (secondary N) is 2. The van der Waals surface area contributed by atoms with Gasteiger partial charge in [0.15, 0.2) is 0 Å². The van der Waals surface area contributed by atoms with Crippen LogP contribution in [0.4, 0.5) is 0 Å². The fraction of sp³-hybridized carbons (Fsp3) is 0.588. The van der Waals surface area contributed by atoms with E-state index in [9.17, 15) is 13.2 Å². The van der Waals surface area contributed by atoms with Gasteiger partial charge in [-0.05, 0) is 56.7 Å². The molecule has 2 N–H and O–H groups in total. The lowest BCUT2D eigenvalue weighted by atomic mass is 10.1. The van der Waals surface area contributed by atoms with E-state index < -0.39 is 10.0 Å². The maximum atomic E-state index is 12.5. The first-order valence-corrected chi connectivity index (χ1v) is 10.4. The molecule has 2 atom stereocenters. The molecule has 2 fully saturated rings. The van der Waals surface area contributed by atoms with Crippen molar-refractivity contribution in [1.82, 2.24) is 10.0 Å². The van der Waals surface area contributed by atoms with Crippen molar-refractivity contribution in [1.29, 1.82) is 0 Å². The molecule has 1 aromatic rings. The van der Waals surface area contributed by atoms with Crippen LogP contribution in [0.2, 0.25) is 5.02 Å². The van der Waals surface area contributed by atoms with Crippen molar-refractivity contribution in [3.8, 4) is 0 Å². The van der Waals surface area contributed by atoms with Gasteiger partial charge in [0.05, 0.1) is 11.1 Å². The van der Waals surface area contributed by atoms with E-state index in [2.05, 4.69) is 10.0 Å². The van der Waals surface area contributed by atoms with Crippen molar-refractivity contribution in [2.45, 2.75) is 49.6 Å². The normalized spacial score (nSPS) is 21.9. The summed E-state index contributed by atoms with van der Waals surface area (Å²) in [6, 6.07) is 4.39. The van der Waals surface area contributed by atoms with Gasteiger partial charge >= 0.3 is 0 Å². The molecule has 1 amide bonds. The van der Waals surface area contributed by atoms with Gasteiger partial charge in [-0.25, -0.2) is 13.1 Å². The SMILES string of the molecule is CC(NC(=O)c1ccc(Cl)c(S(=O)(=O)NCC2CCCO2)c1)C1CC1. The third-order valence-electron chi connectivity index (χ3n) is 4.70.